The molecule has 0 bridgehead atoms. The molecule has 3 rings (SSSR count). The Hall–Kier alpha value is -2.42. The summed E-state index contributed by atoms with van der Waals surface area (Å²) in [5.74, 6) is -0.920. The second-order valence-electron chi connectivity index (χ2n) is 7.63. The summed E-state index contributed by atoms with van der Waals surface area (Å²) >= 11 is 6.06. The van der Waals surface area contributed by atoms with Gasteiger partial charge in [0.15, 0.2) is 0 Å². The van der Waals surface area contributed by atoms with Gasteiger partial charge in [-0.05, 0) is 43.2 Å². The Morgan fingerprint density at radius 2 is 1.87 bits per heavy atom. The minimum atomic E-state index is -3.67. The molecule has 9 heteroatoms. The van der Waals surface area contributed by atoms with E-state index in [1.165, 1.54) is 4.90 Å². The largest absolute Gasteiger partial charge is 0.350 e. The van der Waals surface area contributed by atoms with Crippen LogP contribution in [0.25, 0.3) is 0 Å². The van der Waals surface area contributed by atoms with Crippen molar-refractivity contribution in [2.24, 2.45) is 0 Å². The number of piperazine rings is 1. The summed E-state index contributed by atoms with van der Waals surface area (Å²) in [6, 6.07) is 14.4. The van der Waals surface area contributed by atoms with Crippen molar-refractivity contribution >= 4 is 39.1 Å². The lowest BCUT2D eigenvalue weighted by Gasteiger charge is -2.47. The van der Waals surface area contributed by atoms with E-state index in [-0.39, 0.29) is 19.6 Å². The molecule has 2 aromatic rings. The number of rotatable bonds is 5. The lowest BCUT2D eigenvalue weighted by molar-refractivity contribution is -0.133. The van der Waals surface area contributed by atoms with Crippen LogP contribution in [0.3, 0.4) is 0 Å². The highest BCUT2D eigenvalue weighted by molar-refractivity contribution is 7.88. The van der Waals surface area contributed by atoms with Gasteiger partial charge in [-0.2, -0.15) is 4.31 Å². The maximum atomic E-state index is 13.3. The molecule has 1 N–H and O–H groups in total. The molecule has 1 saturated heterocycles. The van der Waals surface area contributed by atoms with E-state index in [0.717, 1.165) is 16.1 Å². The monoisotopic (exact) mass is 449 g/mol. The van der Waals surface area contributed by atoms with Crippen LogP contribution in [-0.2, 0) is 26.2 Å². The van der Waals surface area contributed by atoms with Gasteiger partial charge in [0.1, 0.15) is 5.54 Å². The molecule has 0 saturated carbocycles. The summed E-state index contributed by atoms with van der Waals surface area (Å²) in [7, 11) is -3.67. The maximum Gasteiger partial charge on any atom is 0.247 e. The quantitative estimate of drug-likeness (QED) is 0.759. The van der Waals surface area contributed by atoms with Gasteiger partial charge in [0.05, 0.1) is 12.8 Å². The van der Waals surface area contributed by atoms with Crippen LogP contribution in [-0.4, -0.2) is 49.4 Å². The zero-order chi connectivity index (χ0) is 22.1. The number of halogens is 1. The van der Waals surface area contributed by atoms with Crippen LogP contribution in [0.15, 0.2) is 48.5 Å². The highest BCUT2D eigenvalue weighted by Gasteiger charge is 2.50. The summed E-state index contributed by atoms with van der Waals surface area (Å²) in [6.07, 6.45) is 1.03. The second kappa shape index (κ2) is 8.37. The highest BCUT2D eigenvalue weighted by atomic mass is 35.5. The topological polar surface area (TPSA) is 86.8 Å². The number of nitrogens with zero attached hydrogens (tertiary/aromatic N) is 2. The van der Waals surface area contributed by atoms with E-state index in [0.29, 0.717) is 16.3 Å². The molecule has 0 radical (unpaired) electrons. The molecule has 2 amide bonds. The van der Waals surface area contributed by atoms with E-state index in [2.05, 4.69) is 5.32 Å². The normalized spacial score (nSPS) is 20.3. The second-order valence-corrected chi connectivity index (χ2v) is 10.1. The predicted octanol–water partition coefficient (Wildman–Crippen LogP) is 2.33. The van der Waals surface area contributed by atoms with Gasteiger partial charge in [0, 0.05) is 23.8 Å². The summed E-state index contributed by atoms with van der Waals surface area (Å²) in [4.78, 5) is 27.8. The van der Waals surface area contributed by atoms with Gasteiger partial charge in [-0.15, -0.1) is 0 Å². The molecule has 1 atom stereocenters. The molecule has 1 aliphatic heterocycles. The number of amides is 2. The van der Waals surface area contributed by atoms with Crippen LogP contribution >= 0.6 is 11.6 Å². The van der Waals surface area contributed by atoms with Crippen LogP contribution < -0.4 is 10.2 Å². The smallest absolute Gasteiger partial charge is 0.247 e. The number of carbonyl (C=O) groups excluding carboxylic acids is 2. The van der Waals surface area contributed by atoms with Gasteiger partial charge < -0.3 is 5.32 Å². The predicted molar refractivity (Wildman–Crippen MR) is 117 cm³/mol. The fraction of sp³-hybridized carbons (Fsp3) is 0.333. The Morgan fingerprint density at radius 1 is 1.20 bits per heavy atom. The molecule has 0 spiro atoms. The Labute approximate surface area is 181 Å². The number of anilines is 1. The molecule has 30 heavy (non-hydrogen) atoms. The first-order chi connectivity index (χ1) is 14.0. The molecular weight excluding hydrogens is 426 g/mol. The molecule has 7 nitrogen and oxygen atoms in total. The average molecular weight is 450 g/mol. The first kappa shape index (κ1) is 22.3. The van der Waals surface area contributed by atoms with Gasteiger partial charge >= 0.3 is 0 Å². The molecular formula is C21H24ClN3O4S. The van der Waals surface area contributed by atoms with Gasteiger partial charge in [-0.25, -0.2) is 8.42 Å². The van der Waals surface area contributed by atoms with E-state index in [9.17, 15) is 18.0 Å². The van der Waals surface area contributed by atoms with Crippen molar-refractivity contribution in [3.63, 3.8) is 0 Å². The third-order valence-corrected chi connectivity index (χ3v) is 6.62. The lowest BCUT2D eigenvalue weighted by atomic mass is 9.93. The van der Waals surface area contributed by atoms with Crippen LogP contribution in [0.2, 0.25) is 5.02 Å². The Morgan fingerprint density at radius 3 is 2.47 bits per heavy atom. The summed E-state index contributed by atoms with van der Waals surface area (Å²) in [5.41, 5.74) is 0.692. The van der Waals surface area contributed by atoms with Crippen molar-refractivity contribution in [3.8, 4) is 0 Å². The minimum absolute atomic E-state index is 0.153. The average Bonchev–Trinajstić information content (AvgIpc) is 2.67. The van der Waals surface area contributed by atoms with Gasteiger partial charge in [-0.1, -0.05) is 41.9 Å². The van der Waals surface area contributed by atoms with Crippen LogP contribution in [0.1, 0.15) is 18.1 Å². The first-order valence-electron chi connectivity index (χ1n) is 9.39. The van der Waals surface area contributed by atoms with Crippen molar-refractivity contribution in [3.05, 3.63) is 64.7 Å². The van der Waals surface area contributed by atoms with Gasteiger partial charge in [0.2, 0.25) is 21.8 Å². The standard InChI is InChI=1S/C21H24ClN3O4S/c1-15-11-17(22)9-10-18(15)25-19(26)13-24(30(3,28)29)14-21(25,2)20(27)23-12-16-7-5-4-6-8-16/h4-11H,12-14H2,1-3H3,(H,23,27)/t21-/m0/s1. The van der Waals surface area contributed by atoms with E-state index in [1.807, 2.05) is 30.3 Å². The number of carbonyl (C=O) groups is 2. The molecule has 160 valence electrons. The Balaban J connectivity index is 2.00. The number of hydrogen-bond acceptors (Lipinski definition) is 4. The summed E-state index contributed by atoms with van der Waals surface area (Å²) in [5, 5.41) is 3.36. The lowest BCUT2D eigenvalue weighted by Crippen LogP contribution is -2.70. The van der Waals surface area contributed by atoms with Gasteiger partial charge in [0.25, 0.3) is 0 Å². The van der Waals surface area contributed by atoms with E-state index in [4.69, 9.17) is 11.6 Å². The Bertz CT molecular complexity index is 1070. The molecule has 1 fully saturated rings. The van der Waals surface area contributed by atoms with Crippen molar-refractivity contribution in [1.29, 1.82) is 0 Å². The zero-order valence-electron chi connectivity index (χ0n) is 17.1. The highest BCUT2D eigenvalue weighted by Crippen LogP contribution is 2.33. The minimum Gasteiger partial charge on any atom is -0.350 e. The summed E-state index contributed by atoms with van der Waals surface area (Å²) in [6.45, 7) is 3.15. The van der Waals surface area contributed by atoms with Crippen LogP contribution in [0.5, 0.6) is 0 Å². The third kappa shape index (κ3) is 4.50. The fourth-order valence-corrected chi connectivity index (χ4v) is 4.67. The van der Waals surface area contributed by atoms with Gasteiger partial charge in [-0.3, -0.25) is 14.5 Å². The summed E-state index contributed by atoms with van der Waals surface area (Å²) < 4.78 is 25.4. The van der Waals surface area contributed by atoms with Crippen molar-refractivity contribution < 1.29 is 18.0 Å². The van der Waals surface area contributed by atoms with Crippen LogP contribution in [0, 0.1) is 6.92 Å². The fourth-order valence-electron chi connectivity index (χ4n) is 3.61. The van der Waals surface area contributed by atoms with Crippen LogP contribution in [0.4, 0.5) is 5.69 Å². The van der Waals surface area contributed by atoms with Crippen molar-refractivity contribution in [2.45, 2.75) is 25.9 Å². The van der Waals surface area contributed by atoms with E-state index >= 15 is 0 Å². The molecule has 1 heterocycles. The number of nitrogens with one attached hydrogen (secondary N) is 1. The third-order valence-electron chi connectivity index (χ3n) is 5.19. The number of hydrogen-bond donors (Lipinski definition) is 1. The first-order valence-corrected chi connectivity index (χ1v) is 11.6. The zero-order valence-corrected chi connectivity index (χ0v) is 18.6. The Kier molecular flexibility index (Phi) is 6.21. The molecule has 0 unspecified atom stereocenters. The van der Waals surface area contributed by atoms with Crippen molar-refractivity contribution in [2.75, 3.05) is 24.2 Å². The number of sulfonamides is 1. The number of benzene rings is 2. The van der Waals surface area contributed by atoms with E-state index < -0.39 is 27.4 Å². The molecule has 0 aromatic heterocycles. The van der Waals surface area contributed by atoms with Crippen molar-refractivity contribution in [1.82, 2.24) is 9.62 Å². The maximum absolute atomic E-state index is 13.3. The SMILES string of the molecule is Cc1cc(Cl)ccc1N1C(=O)CN(S(C)(=O)=O)C[C@@]1(C)C(=O)NCc1ccccc1. The number of aryl methyl sites for hydroxylation is 1. The molecule has 0 aliphatic carbocycles. The van der Waals surface area contributed by atoms with E-state index in [1.54, 1.807) is 32.0 Å². The molecule has 2 aromatic carbocycles. The molecule has 1 aliphatic rings.